The van der Waals surface area contributed by atoms with Crippen LogP contribution in [-0.4, -0.2) is 35.2 Å². The zero-order valence-electron chi connectivity index (χ0n) is 18.0. The van der Waals surface area contributed by atoms with Crippen LogP contribution in [0.1, 0.15) is 28.0 Å². The van der Waals surface area contributed by atoms with Crippen molar-refractivity contribution in [2.45, 2.75) is 17.5 Å². The lowest BCUT2D eigenvalue weighted by molar-refractivity contribution is -0.137. The normalized spacial score (nSPS) is 12.3. The van der Waals surface area contributed by atoms with Crippen LogP contribution < -0.4 is 5.32 Å². The molecule has 0 unspecified atom stereocenters. The molecule has 0 aliphatic rings. The van der Waals surface area contributed by atoms with Gasteiger partial charge in [-0.2, -0.15) is 18.3 Å². The maximum absolute atomic E-state index is 13.8. The van der Waals surface area contributed by atoms with Gasteiger partial charge < -0.3 is 5.32 Å². The number of hydrogen-bond acceptors (Lipinski definition) is 5. The molecule has 0 fully saturated rings. The van der Waals surface area contributed by atoms with Crippen molar-refractivity contribution in [1.29, 1.82) is 0 Å². The molecule has 0 atom stereocenters. The lowest BCUT2D eigenvalue weighted by atomic mass is 10.1. The van der Waals surface area contributed by atoms with E-state index in [9.17, 15) is 35.2 Å². The molecule has 36 heavy (non-hydrogen) atoms. The Morgan fingerprint density at radius 3 is 2.44 bits per heavy atom. The number of alkyl halides is 5. The molecule has 1 N–H and O–H groups in total. The fraction of sp³-hybridized carbons (Fsp3) is 0.136. The van der Waals surface area contributed by atoms with Gasteiger partial charge in [-0.05, 0) is 36.4 Å². The molecule has 0 spiro atoms. The number of anilines is 1. The number of benzene rings is 2. The van der Waals surface area contributed by atoms with Crippen molar-refractivity contribution in [2.24, 2.45) is 0 Å². The number of hydrogen-bond donors (Lipinski definition) is 1. The molecule has 4 aromatic rings. The molecule has 0 aliphatic heterocycles. The minimum absolute atomic E-state index is 0.00538. The summed E-state index contributed by atoms with van der Waals surface area (Å²) in [6, 6.07) is 8.96. The van der Waals surface area contributed by atoms with Crippen molar-refractivity contribution in [3.05, 3.63) is 76.6 Å². The van der Waals surface area contributed by atoms with Gasteiger partial charge in [-0.25, -0.2) is 26.7 Å². The van der Waals surface area contributed by atoms with Crippen molar-refractivity contribution in [1.82, 2.24) is 14.6 Å². The van der Waals surface area contributed by atoms with Crippen LogP contribution in [0.4, 0.5) is 27.6 Å². The maximum atomic E-state index is 13.8. The van der Waals surface area contributed by atoms with E-state index in [1.807, 2.05) is 0 Å². The van der Waals surface area contributed by atoms with Crippen LogP contribution in [0.15, 0.2) is 59.6 Å². The van der Waals surface area contributed by atoms with Crippen LogP contribution in [0.25, 0.3) is 16.9 Å². The lowest BCUT2D eigenvalue weighted by Gasteiger charge is -2.12. The Morgan fingerprint density at radius 1 is 1.11 bits per heavy atom. The van der Waals surface area contributed by atoms with Crippen molar-refractivity contribution in [2.75, 3.05) is 11.6 Å². The minimum atomic E-state index is -4.72. The van der Waals surface area contributed by atoms with Gasteiger partial charge in [0.25, 0.3) is 12.3 Å². The number of rotatable bonds is 5. The molecular weight excluding hydrogens is 531 g/mol. The van der Waals surface area contributed by atoms with E-state index in [4.69, 9.17) is 11.6 Å². The Bertz CT molecular complexity index is 1600. The Hall–Kier alpha value is -3.58. The second-order valence-corrected chi connectivity index (χ2v) is 10.0. The fourth-order valence-corrected chi connectivity index (χ4v) is 4.31. The third-order valence-electron chi connectivity index (χ3n) is 5.06. The Labute approximate surface area is 205 Å². The first-order chi connectivity index (χ1) is 16.8. The molecule has 2 aromatic heterocycles. The van der Waals surface area contributed by atoms with Gasteiger partial charge >= 0.3 is 6.18 Å². The number of amides is 1. The highest BCUT2D eigenvalue weighted by Crippen LogP contribution is 2.37. The smallest absolute Gasteiger partial charge is 0.322 e. The summed E-state index contributed by atoms with van der Waals surface area (Å²) in [4.78, 5) is 17.0. The summed E-state index contributed by atoms with van der Waals surface area (Å²) in [7, 11) is -3.56. The Balaban J connectivity index is 1.79. The fourth-order valence-electron chi connectivity index (χ4n) is 3.36. The van der Waals surface area contributed by atoms with E-state index in [0.717, 1.165) is 35.2 Å². The average Bonchev–Trinajstić information content (AvgIpc) is 3.21. The molecule has 0 saturated heterocycles. The topological polar surface area (TPSA) is 93.4 Å². The predicted molar refractivity (Wildman–Crippen MR) is 121 cm³/mol. The van der Waals surface area contributed by atoms with Gasteiger partial charge in [0.05, 0.1) is 27.4 Å². The molecule has 2 aromatic carbocycles. The van der Waals surface area contributed by atoms with Crippen molar-refractivity contribution in [3.8, 4) is 11.3 Å². The number of fused-ring (bicyclic) bond motifs is 1. The Kier molecular flexibility index (Phi) is 6.47. The van der Waals surface area contributed by atoms with Crippen molar-refractivity contribution >= 4 is 38.7 Å². The molecule has 0 saturated carbocycles. The largest absolute Gasteiger partial charge is 0.417 e. The van der Waals surface area contributed by atoms with Crippen LogP contribution in [0.5, 0.6) is 0 Å². The zero-order chi connectivity index (χ0) is 26.4. The summed E-state index contributed by atoms with van der Waals surface area (Å²) in [5.41, 5.74) is -2.35. The quantitative estimate of drug-likeness (QED) is 0.327. The third-order valence-corrected chi connectivity index (χ3v) is 6.48. The Morgan fingerprint density at radius 2 is 1.83 bits per heavy atom. The van der Waals surface area contributed by atoms with Crippen LogP contribution in [0.2, 0.25) is 5.02 Å². The van der Waals surface area contributed by atoms with Crippen molar-refractivity contribution < 1.29 is 35.2 Å². The van der Waals surface area contributed by atoms with Crippen LogP contribution in [-0.2, 0) is 16.0 Å². The van der Waals surface area contributed by atoms with Crippen molar-refractivity contribution in [3.63, 3.8) is 0 Å². The van der Waals surface area contributed by atoms with Crippen LogP contribution >= 0.6 is 11.6 Å². The summed E-state index contributed by atoms with van der Waals surface area (Å²) >= 11 is 5.76. The van der Waals surface area contributed by atoms with Gasteiger partial charge in [-0.1, -0.05) is 23.7 Å². The second kappa shape index (κ2) is 9.13. The summed E-state index contributed by atoms with van der Waals surface area (Å²) in [5.74, 6) is -0.828. The predicted octanol–water partition coefficient (Wildman–Crippen LogP) is 5.66. The molecule has 4 rings (SSSR count). The zero-order valence-corrected chi connectivity index (χ0v) is 19.6. The summed E-state index contributed by atoms with van der Waals surface area (Å²) < 4.78 is 91.0. The molecule has 0 aliphatic carbocycles. The highest BCUT2D eigenvalue weighted by molar-refractivity contribution is 7.90. The summed E-state index contributed by atoms with van der Waals surface area (Å²) in [6.07, 6.45) is -5.80. The molecule has 1 amide bonds. The van der Waals surface area contributed by atoms with E-state index < -0.39 is 44.6 Å². The van der Waals surface area contributed by atoms with E-state index in [0.29, 0.717) is 6.07 Å². The van der Waals surface area contributed by atoms with E-state index in [1.54, 1.807) is 0 Å². The third kappa shape index (κ3) is 5.02. The monoisotopic (exact) mass is 544 g/mol. The number of nitrogens with zero attached hydrogens (tertiary/aromatic N) is 3. The van der Waals surface area contributed by atoms with E-state index in [1.165, 1.54) is 24.3 Å². The number of nitrogens with one attached hydrogen (secondary N) is 1. The molecule has 0 radical (unpaired) electrons. The van der Waals surface area contributed by atoms with Gasteiger partial charge in [0, 0.05) is 17.5 Å². The maximum Gasteiger partial charge on any atom is 0.417 e. The minimum Gasteiger partial charge on any atom is -0.322 e. The standard InChI is InChI=1S/C22H14ClF5N4O3S/c1-36(34,35)13-4-2-3-12(8-13)30-21(33)14-10-29-32-18(19(24)25)9-17(31-20(14)32)11-5-6-15(16(23)7-11)22(26,27)28/h2-10,19H,1H3,(H,30,33). The van der Waals surface area contributed by atoms with Gasteiger partial charge in [0.15, 0.2) is 15.5 Å². The summed E-state index contributed by atoms with van der Waals surface area (Å²) in [6.45, 7) is 0. The average molecular weight is 545 g/mol. The molecule has 14 heteroatoms. The highest BCUT2D eigenvalue weighted by Gasteiger charge is 2.33. The molecular formula is C22H14ClF5N4O3S. The second-order valence-electron chi connectivity index (χ2n) is 7.61. The van der Waals surface area contributed by atoms with Gasteiger partial charge in [-0.3, -0.25) is 4.79 Å². The highest BCUT2D eigenvalue weighted by atomic mass is 35.5. The summed E-state index contributed by atoms with van der Waals surface area (Å²) in [5, 5.41) is 5.61. The van der Waals surface area contributed by atoms with E-state index >= 15 is 0 Å². The van der Waals surface area contributed by atoms with Gasteiger partial charge in [0.2, 0.25) is 0 Å². The van der Waals surface area contributed by atoms with Gasteiger partial charge in [-0.15, -0.1) is 0 Å². The molecule has 188 valence electrons. The number of halogens is 6. The molecule has 0 bridgehead atoms. The number of carbonyl (C=O) groups is 1. The van der Waals surface area contributed by atoms with E-state index in [2.05, 4.69) is 15.4 Å². The first-order valence-corrected chi connectivity index (χ1v) is 12.2. The number of carbonyl (C=O) groups excluding carboxylic acids is 1. The number of sulfone groups is 1. The first-order valence-electron chi connectivity index (χ1n) is 9.91. The first kappa shape index (κ1) is 25.5. The molecule has 2 heterocycles. The van der Waals surface area contributed by atoms with Crippen LogP contribution in [0.3, 0.4) is 0 Å². The SMILES string of the molecule is CS(=O)(=O)c1cccc(NC(=O)c2cnn3c(C(F)F)cc(-c4ccc(C(F)(F)F)c(Cl)c4)nc23)c1. The van der Waals surface area contributed by atoms with Gasteiger partial charge in [0.1, 0.15) is 11.3 Å². The van der Waals surface area contributed by atoms with E-state index in [-0.39, 0.29) is 33.1 Å². The lowest BCUT2D eigenvalue weighted by Crippen LogP contribution is -2.13. The number of aromatic nitrogens is 3. The van der Waals surface area contributed by atoms with Crippen LogP contribution in [0, 0.1) is 0 Å². The molecule has 7 nitrogen and oxygen atoms in total.